The number of hydrogen-bond donors (Lipinski definition) is 2. The van der Waals surface area contributed by atoms with Gasteiger partial charge in [-0.25, -0.2) is 4.98 Å². The monoisotopic (exact) mass is 409 g/mol. The SMILES string of the molecule is COc1ccc(NC(=O)CSc2nnc3c(n2)[nH]c2ccc(C)cc23)c(OC)c1. The van der Waals surface area contributed by atoms with Crippen LogP contribution in [-0.4, -0.2) is 46.0 Å². The number of anilines is 1. The molecule has 0 atom stereocenters. The van der Waals surface area contributed by atoms with Gasteiger partial charge in [-0.1, -0.05) is 23.4 Å². The number of carbonyl (C=O) groups is 1. The van der Waals surface area contributed by atoms with Gasteiger partial charge in [0.2, 0.25) is 11.1 Å². The van der Waals surface area contributed by atoms with Gasteiger partial charge in [-0.2, -0.15) is 0 Å². The molecule has 0 aliphatic heterocycles. The highest BCUT2D eigenvalue weighted by Gasteiger charge is 2.13. The Morgan fingerprint density at radius 2 is 2.00 bits per heavy atom. The first kappa shape index (κ1) is 19.0. The molecule has 4 rings (SSSR count). The number of H-pyrrole nitrogens is 1. The van der Waals surface area contributed by atoms with E-state index in [4.69, 9.17) is 9.47 Å². The molecule has 1 amide bonds. The highest BCUT2D eigenvalue weighted by molar-refractivity contribution is 7.99. The van der Waals surface area contributed by atoms with Crippen LogP contribution in [0.1, 0.15) is 5.56 Å². The van der Waals surface area contributed by atoms with Gasteiger partial charge in [0.15, 0.2) is 5.65 Å². The molecule has 2 aromatic heterocycles. The van der Waals surface area contributed by atoms with Gasteiger partial charge in [-0.3, -0.25) is 4.79 Å². The Labute approximate surface area is 171 Å². The summed E-state index contributed by atoms with van der Waals surface area (Å²) in [5.74, 6) is 1.11. The number of methoxy groups -OCH3 is 2. The van der Waals surface area contributed by atoms with Gasteiger partial charge in [0, 0.05) is 17.0 Å². The maximum Gasteiger partial charge on any atom is 0.234 e. The summed E-state index contributed by atoms with van der Waals surface area (Å²) in [5.41, 5.74) is 4.04. The second-order valence-corrected chi connectivity index (χ2v) is 7.31. The largest absolute Gasteiger partial charge is 0.497 e. The number of carbonyl (C=O) groups excluding carboxylic acids is 1. The van der Waals surface area contributed by atoms with Crippen LogP contribution < -0.4 is 14.8 Å². The molecule has 148 valence electrons. The van der Waals surface area contributed by atoms with Gasteiger partial charge in [-0.05, 0) is 31.2 Å². The van der Waals surface area contributed by atoms with Crippen LogP contribution in [0.3, 0.4) is 0 Å². The average Bonchev–Trinajstić information content (AvgIpc) is 3.09. The molecule has 2 heterocycles. The third kappa shape index (κ3) is 3.95. The van der Waals surface area contributed by atoms with Crippen LogP contribution in [0.5, 0.6) is 11.5 Å². The van der Waals surface area contributed by atoms with E-state index in [0.29, 0.717) is 28.0 Å². The van der Waals surface area contributed by atoms with Gasteiger partial charge < -0.3 is 19.8 Å². The molecule has 0 bridgehead atoms. The number of aromatic nitrogens is 4. The summed E-state index contributed by atoms with van der Waals surface area (Å²) in [4.78, 5) is 20.1. The van der Waals surface area contributed by atoms with Crippen molar-refractivity contribution in [2.24, 2.45) is 0 Å². The number of thioether (sulfide) groups is 1. The van der Waals surface area contributed by atoms with Crippen LogP contribution in [0.4, 0.5) is 5.69 Å². The Morgan fingerprint density at radius 3 is 2.79 bits per heavy atom. The van der Waals surface area contributed by atoms with E-state index in [1.807, 2.05) is 25.1 Å². The van der Waals surface area contributed by atoms with Gasteiger partial charge in [0.1, 0.15) is 17.0 Å². The van der Waals surface area contributed by atoms with Crippen molar-refractivity contribution >= 4 is 45.4 Å². The van der Waals surface area contributed by atoms with Crippen LogP contribution in [0.25, 0.3) is 22.1 Å². The van der Waals surface area contributed by atoms with Crippen molar-refractivity contribution in [3.63, 3.8) is 0 Å². The summed E-state index contributed by atoms with van der Waals surface area (Å²) in [5, 5.41) is 12.7. The lowest BCUT2D eigenvalue weighted by Crippen LogP contribution is -2.15. The quantitative estimate of drug-likeness (QED) is 0.469. The number of aromatic amines is 1. The Bertz CT molecular complexity index is 1210. The second kappa shape index (κ2) is 7.96. The molecule has 0 radical (unpaired) electrons. The molecule has 0 aliphatic rings. The summed E-state index contributed by atoms with van der Waals surface area (Å²) in [6.45, 7) is 2.03. The summed E-state index contributed by atoms with van der Waals surface area (Å²) in [6.07, 6.45) is 0. The first-order chi connectivity index (χ1) is 14.1. The maximum atomic E-state index is 12.3. The highest BCUT2D eigenvalue weighted by Crippen LogP contribution is 2.29. The molecule has 0 spiro atoms. The topological polar surface area (TPSA) is 102 Å². The zero-order valence-electron chi connectivity index (χ0n) is 16.1. The fourth-order valence-corrected chi connectivity index (χ4v) is 3.54. The number of benzene rings is 2. The molecule has 29 heavy (non-hydrogen) atoms. The molecule has 2 aromatic carbocycles. The molecule has 0 fully saturated rings. The van der Waals surface area contributed by atoms with Crippen molar-refractivity contribution in [2.45, 2.75) is 12.1 Å². The number of fused-ring (bicyclic) bond motifs is 3. The number of ether oxygens (including phenoxy) is 2. The van der Waals surface area contributed by atoms with Gasteiger partial charge in [0.25, 0.3) is 0 Å². The third-order valence-corrected chi connectivity index (χ3v) is 5.20. The normalized spacial score (nSPS) is 11.0. The summed E-state index contributed by atoms with van der Waals surface area (Å²) >= 11 is 1.21. The predicted molar refractivity (Wildman–Crippen MR) is 113 cm³/mol. The van der Waals surface area contributed by atoms with Crippen molar-refractivity contribution in [3.05, 3.63) is 42.0 Å². The zero-order valence-corrected chi connectivity index (χ0v) is 17.0. The lowest BCUT2D eigenvalue weighted by molar-refractivity contribution is -0.113. The molecular formula is C20H19N5O3S. The fourth-order valence-electron chi connectivity index (χ4n) is 2.95. The minimum absolute atomic E-state index is 0.141. The van der Waals surface area contributed by atoms with Crippen LogP contribution in [0.15, 0.2) is 41.6 Å². The summed E-state index contributed by atoms with van der Waals surface area (Å²) < 4.78 is 10.5. The van der Waals surface area contributed by atoms with Gasteiger partial charge in [-0.15, -0.1) is 10.2 Å². The van der Waals surface area contributed by atoms with E-state index in [1.165, 1.54) is 18.9 Å². The molecule has 0 saturated carbocycles. The Kier molecular flexibility index (Phi) is 5.22. The Morgan fingerprint density at radius 1 is 1.14 bits per heavy atom. The average molecular weight is 409 g/mol. The van der Waals surface area contributed by atoms with Crippen LogP contribution >= 0.6 is 11.8 Å². The minimum atomic E-state index is -0.200. The second-order valence-electron chi connectivity index (χ2n) is 6.37. The lowest BCUT2D eigenvalue weighted by Gasteiger charge is -2.11. The Balaban J connectivity index is 1.46. The fraction of sp³-hybridized carbons (Fsp3) is 0.200. The molecular weight excluding hydrogens is 390 g/mol. The van der Waals surface area contributed by atoms with E-state index in [0.717, 1.165) is 22.0 Å². The van der Waals surface area contributed by atoms with Crippen molar-refractivity contribution in [1.82, 2.24) is 20.2 Å². The lowest BCUT2D eigenvalue weighted by atomic mass is 10.2. The van der Waals surface area contributed by atoms with Crippen molar-refractivity contribution < 1.29 is 14.3 Å². The molecule has 0 unspecified atom stereocenters. The maximum absolute atomic E-state index is 12.3. The summed E-state index contributed by atoms with van der Waals surface area (Å²) in [7, 11) is 3.11. The number of hydrogen-bond acceptors (Lipinski definition) is 7. The molecule has 2 N–H and O–H groups in total. The number of amides is 1. The van der Waals surface area contributed by atoms with Crippen molar-refractivity contribution in [2.75, 3.05) is 25.3 Å². The van der Waals surface area contributed by atoms with Crippen molar-refractivity contribution in [3.8, 4) is 11.5 Å². The molecule has 9 heteroatoms. The first-order valence-corrected chi connectivity index (χ1v) is 9.83. The van der Waals surface area contributed by atoms with Gasteiger partial charge >= 0.3 is 0 Å². The van der Waals surface area contributed by atoms with Crippen molar-refractivity contribution in [1.29, 1.82) is 0 Å². The minimum Gasteiger partial charge on any atom is -0.497 e. The summed E-state index contributed by atoms with van der Waals surface area (Å²) in [6, 6.07) is 11.3. The number of nitrogens with zero attached hydrogens (tertiary/aromatic N) is 3. The molecule has 4 aromatic rings. The van der Waals surface area contributed by atoms with Crippen LogP contribution in [-0.2, 0) is 4.79 Å². The van der Waals surface area contributed by atoms with E-state index in [1.54, 1.807) is 25.3 Å². The van der Waals surface area contributed by atoms with E-state index < -0.39 is 0 Å². The standard InChI is InChI=1S/C20H19N5O3S/c1-11-4-6-14-13(8-11)18-19(22-14)23-20(25-24-18)29-10-17(26)21-15-7-5-12(27-2)9-16(15)28-3/h4-9H,10H2,1-3H3,(H,21,26)(H,22,23,25). The molecule has 0 saturated heterocycles. The number of nitrogens with one attached hydrogen (secondary N) is 2. The zero-order chi connectivity index (χ0) is 20.4. The number of rotatable bonds is 6. The van der Waals surface area contributed by atoms with E-state index >= 15 is 0 Å². The third-order valence-electron chi connectivity index (χ3n) is 4.37. The Hall–Kier alpha value is -3.33. The van der Waals surface area contributed by atoms with E-state index in [2.05, 4.69) is 25.5 Å². The van der Waals surface area contributed by atoms with Crippen LogP contribution in [0, 0.1) is 6.92 Å². The smallest absolute Gasteiger partial charge is 0.234 e. The van der Waals surface area contributed by atoms with Crippen LogP contribution in [0.2, 0.25) is 0 Å². The first-order valence-electron chi connectivity index (χ1n) is 8.85. The predicted octanol–water partition coefficient (Wildman–Crippen LogP) is 3.56. The number of aryl methyl sites for hydroxylation is 1. The molecule has 0 aliphatic carbocycles. The van der Waals surface area contributed by atoms with E-state index in [9.17, 15) is 4.79 Å². The van der Waals surface area contributed by atoms with Gasteiger partial charge in [0.05, 0.1) is 25.7 Å². The molecule has 8 nitrogen and oxygen atoms in total. The highest BCUT2D eigenvalue weighted by atomic mass is 32.2. The van der Waals surface area contributed by atoms with E-state index in [-0.39, 0.29) is 11.7 Å².